The van der Waals surface area contributed by atoms with Gasteiger partial charge in [0.25, 0.3) is 5.91 Å². The maximum Gasteiger partial charge on any atom is 0.254 e. The average molecular weight is 358 g/mol. The Morgan fingerprint density at radius 1 is 1.53 bits per heavy atom. The van der Waals surface area contributed by atoms with Crippen LogP contribution in [0.25, 0.3) is 0 Å². The minimum Gasteiger partial charge on any atom is -0.548 e. The number of aliphatic carboxylic acids is 1. The van der Waals surface area contributed by atoms with Crippen molar-refractivity contribution < 1.29 is 14.7 Å². The summed E-state index contributed by atoms with van der Waals surface area (Å²) in [6.07, 6.45) is 0. The Kier molecular flexibility index (Phi) is 2.45. The molecule has 7 heteroatoms. The predicted molar refractivity (Wildman–Crippen MR) is 61.7 cm³/mol. The number of thioether (sulfide) groups is 1. The molecule has 2 aliphatic heterocycles. The number of halogens is 2. The van der Waals surface area contributed by atoms with E-state index in [1.165, 1.54) is 16.7 Å². The van der Waals surface area contributed by atoms with Gasteiger partial charge in [0.15, 0.2) is 3.23 Å². The van der Waals surface area contributed by atoms with E-state index in [1.54, 1.807) is 13.8 Å². The first kappa shape index (κ1) is 11.7. The fourth-order valence-electron chi connectivity index (χ4n) is 1.96. The number of carbonyl (C=O) groups excluding carboxylic acids is 2. The van der Waals surface area contributed by atoms with Gasteiger partial charge >= 0.3 is 0 Å². The number of carboxylic acid groups (broad SMARTS) is 1. The predicted octanol–water partition coefficient (Wildman–Crippen LogP) is 0.285. The third kappa shape index (κ3) is 1.39. The molecule has 0 spiro atoms. The van der Waals surface area contributed by atoms with Crippen LogP contribution in [-0.4, -0.2) is 36.2 Å². The van der Waals surface area contributed by atoms with Crippen LogP contribution in [0.15, 0.2) is 0 Å². The Bertz CT molecular complexity index is 358. The maximum atomic E-state index is 11.7. The third-order valence-corrected chi connectivity index (χ3v) is 6.44. The first-order chi connectivity index (χ1) is 6.69. The number of rotatable bonds is 1. The minimum atomic E-state index is -1.20. The summed E-state index contributed by atoms with van der Waals surface area (Å²) in [5.41, 5.74) is 0. The summed E-state index contributed by atoms with van der Waals surface area (Å²) in [7, 11) is 0. The van der Waals surface area contributed by atoms with Gasteiger partial charge in [-0.05, 0) is 13.8 Å². The molecule has 2 heterocycles. The Labute approximate surface area is 108 Å². The topological polar surface area (TPSA) is 60.4 Å². The molecule has 0 aromatic rings. The molecule has 0 N–H and O–H groups in total. The molecule has 84 valence electrons. The molecule has 2 rings (SSSR count). The highest BCUT2D eigenvalue weighted by Crippen LogP contribution is 2.59. The van der Waals surface area contributed by atoms with Crippen LogP contribution in [0.5, 0.6) is 0 Å². The van der Waals surface area contributed by atoms with Crippen LogP contribution in [0.4, 0.5) is 0 Å². The summed E-state index contributed by atoms with van der Waals surface area (Å²) < 4.78 is -1.34. The highest BCUT2D eigenvalue weighted by molar-refractivity contribution is 9.26. The monoisotopic (exact) mass is 356 g/mol. The standard InChI is InChI=1S/C8H9Br2NO3S/c1-7(2)3(4(12)13)11-5(14)8(9,10)6(11)15-7/h3,6H,1-2H3,(H,12,13)/p-1/t3-,6+/m0/s1. The Balaban J connectivity index is 2.37. The highest BCUT2D eigenvalue weighted by Gasteiger charge is 2.68. The number of nitrogens with zero attached hydrogens (tertiary/aromatic N) is 1. The smallest absolute Gasteiger partial charge is 0.254 e. The molecule has 0 aromatic heterocycles. The van der Waals surface area contributed by atoms with Crippen LogP contribution >= 0.6 is 43.6 Å². The van der Waals surface area contributed by atoms with Crippen LogP contribution < -0.4 is 5.11 Å². The largest absolute Gasteiger partial charge is 0.548 e. The van der Waals surface area contributed by atoms with Crippen LogP contribution in [0.2, 0.25) is 0 Å². The third-order valence-electron chi connectivity index (χ3n) is 2.66. The van der Waals surface area contributed by atoms with Crippen LogP contribution in [-0.2, 0) is 9.59 Å². The second kappa shape index (κ2) is 3.13. The fourth-order valence-corrected chi connectivity index (χ4v) is 4.87. The molecule has 15 heavy (non-hydrogen) atoms. The highest BCUT2D eigenvalue weighted by atomic mass is 79.9. The first-order valence-corrected chi connectivity index (χ1v) is 6.75. The molecule has 0 saturated carbocycles. The number of hydrogen-bond acceptors (Lipinski definition) is 4. The Morgan fingerprint density at radius 3 is 2.53 bits per heavy atom. The normalized spacial score (nSPS) is 36.0. The van der Waals surface area contributed by atoms with Crippen molar-refractivity contribution in [2.24, 2.45) is 0 Å². The number of fused-ring (bicyclic) bond motifs is 1. The summed E-state index contributed by atoms with van der Waals surface area (Å²) >= 11 is 7.97. The van der Waals surface area contributed by atoms with Gasteiger partial charge in [0, 0.05) is 4.75 Å². The number of carboxylic acids is 1. The van der Waals surface area contributed by atoms with E-state index in [1.807, 2.05) is 0 Å². The second-order valence-corrected chi connectivity index (χ2v) is 9.43. The second-order valence-electron chi connectivity index (χ2n) is 4.13. The van der Waals surface area contributed by atoms with Crippen molar-refractivity contribution in [3.05, 3.63) is 0 Å². The summed E-state index contributed by atoms with van der Waals surface area (Å²) in [6, 6.07) is -0.858. The van der Waals surface area contributed by atoms with Crippen molar-refractivity contribution in [3.63, 3.8) is 0 Å². The van der Waals surface area contributed by atoms with Gasteiger partial charge in [-0.15, -0.1) is 11.8 Å². The van der Waals surface area contributed by atoms with E-state index in [0.717, 1.165) is 0 Å². The van der Waals surface area contributed by atoms with Crippen molar-refractivity contribution in [3.8, 4) is 0 Å². The first-order valence-electron chi connectivity index (χ1n) is 4.29. The van der Waals surface area contributed by atoms with Crippen molar-refractivity contribution in [2.75, 3.05) is 0 Å². The summed E-state index contributed by atoms with van der Waals surface area (Å²) in [5, 5.41) is 10.8. The van der Waals surface area contributed by atoms with E-state index in [9.17, 15) is 14.7 Å². The van der Waals surface area contributed by atoms with Gasteiger partial charge in [-0.1, -0.05) is 31.9 Å². The molecule has 4 nitrogen and oxygen atoms in total. The van der Waals surface area contributed by atoms with Crippen molar-refractivity contribution in [1.29, 1.82) is 0 Å². The zero-order valence-corrected chi connectivity index (χ0v) is 12.0. The molecule has 0 bridgehead atoms. The number of amides is 1. The van der Waals surface area contributed by atoms with E-state index in [4.69, 9.17) is 0 Å². The molecule has 0 radical (unpaired) electrons. The average Bonchev–Trinajstić information content (AvgIpc) is 2.35. The molecule has 2 aliphatic rings. The lowest BCUT2D eigenvalue weighted by Crippen LogP contribution is -2.69. The lowest BCUT2D eigenvalue weighted by molar-refractivity contribution is -0.312. The Morgan fingerprint density at radius 2 is 2.07 bits per heavy atom. The Hall–Kier alpha value is 0.250. The molecular formula is C8H8Br2NO3S-. The van der Waals surface area contributed by atoms with E-state index < -0.39 is 20.0 Å². The zero-order chi connectivity index (χ0) is 11.6. The van der Waals surface area contributed by atoms with Crippen molar-refractivity contribution in [1.82, 2.24) is 4.90 Å². The van der Waals surface area contributed by atoms with Crippen LogP contribution in [0, 0.1) is 0 Å². The van der Waals surface area contributed by atoms with Crippen molar-refractivity contribution >= 4 is 55.5 Å². The summed E-state index contributed by atoms with van der Waals surface area (Å²) in [6.45, 7) is 3.61. The molecule has 2 fully saturated rings. The van der Waals surface area contributed by atoms with Gasteiger partial charge in [-0.2, -0.15) is 0 Å². The van der Waals surface area contributed by atoms with Gasteiger partial charge in [0.2, 0.25) is 0 Å². The molecule has 2 atom stereocenters. The lowest BCUT2D eigenvalue weighted by Gasteiger charge is -2.47. The number of β-lactam (4-membered cyclic amide) rings is 1. The van der Waals surface area contributed by atoms with Gasteiger partial charge in [-0.3, -0.25) is 4.79 Å². The summed E-state index contributed by atoms with van der Waals surface area (Å²) in [4.78, 5) is 24.1. The van der Waals surface area contributed by atoms with Gasteiger partial charge in [0.05, 0.1) is 12.0 Å². The summed E-state index contributed by atoms with van der Waals surface area (Å²) in [5.74, 6) is -1.45. The number of alkyl halides is 2. The van der Waals surface area contributed by atoms with Gasteiger partial charge in [-0.25, -0.2) is 0 Å². The van der Waals surface area contributed by atoms with Gasteiger partial charge < -0.3 is 14.8 Å². The van der Waals surface area contributed by atoms with Crippen LogP contribution in [0.1, 0.15) is 13.8 Å². The molecule has 1 amide bonds. The molecular weight excluding hydrogens is 350 g/mol. The van der Waals surface area contributed by atoms with E-state index >= 15 is 0 Å². The number of carbonyl (C=O) groups is 2. The van der Waals surface area contributed by atoms with Gasteiger partial charge in [0.1, 0.15) is 5.37 Å². The molecule has 0 aromatic carbocycles. The fraction of sp³-hybridized carbons (Fsp3) is 0.750. The molecule has 0 aliphatic carbocycles. The van der Waals surface area contributed by atoms with Crippen molar-refractivity contribution in [2.45, 2.75) is 33.2 Å². The van der Waals surface area contributed by atoms with E-state index in [2.05, 4.69) is 31.9 Å². The van der Waals surface area contributed by atoms with Crippen LogP contribution in [0.3, 0.4) is 0 Å². The molecule has 2 saturated heterocycles. The zero-order valence-electron chi connectivity index (χ0n) is 7.99. The minimum absolute atomic E-state index is 0.192. The SMILES string of the molecule is CC1(C)S[C@H]2N(C(=O)C2(Br)Br)[C@H]1C(=O)[O-]. The quantitative estimate of drug-likeness (QED) is 0.499. The number of hydrogen-bond donors (Lipinski definition) is 0. The van der Waals surface area contributed by atoms with E-state index in [0.29, 0.717) is 0 Å². The maximum absolute atomic E-state index is 11.7. The lowest BCUT2D eigenvalue weighted by atomic mass is 9.98. The van der Waals surface area contributed by atoms with E-state index in [-0.39, 0.29) is 11.3 Å². The molecule has 0 unspecified atom stereocenters.